The number of rotatable bonds is 8. The summed E-state index contributed by atoms with van der Waals surface area (Å²) in [5.74, 6) is -1.31. The molecule has 178 valence electrons. The maximum absolute atomic E-state index is 14.6. The summed E-state index contributed by atoms with van der Waals surface area (Å²) in [5, 5.41) is 32.2. The largest absolute Gasteiger partial charge is 0.411 e. The van der Waals surface area contributed by atoms with Crippen LogP contribution in [0.2, 0.25) is 0 Å². The van der Waals surface area contributed by atoms with Gasteiger partial charge in [-0.15, -0.1) is 15.3 Å². The van der Waals surface area contributed by atoms with Gasteiger partial charge >= 0.3 is 0 Å². The van der Waals surface area contributed by atoms with Gasteiger partial charge in [0.1, 0.15) is 34.9 Å². The summed E-state index contributed by atoms with van der Waals surface area (Å²) < 4.78 is 37.3. The number of aliphatic hydroxyl groups is 1. The van der Waals surface area contributed by atoms with Crippen LogP contribution >= 0.6 is 27.7 Å². The minimum Gasteiger partial charge on any atom is -0.411 e. The van der Waals surface area contributed by atoms with E-state index < -0.39 is 17.2 Å². The maximum atomic E-state index is 14.6. The zero-order valence-electron chi connectivity index (χ0n) is 17.7. The van der Waals surface area contributed by atoms with Gasteiger partial charge in [-0.05, 0) is 36.0 Å². The third-order valence-corrected chi connectivity index (χ3v) is 6.16. The number of nitrogens with zero attached hydrogens (tertiary/aromatic N) is 8. The van der Waals surface area contributed by atoms with Gasteiger partial charge in [-0.3, -0.25) is 0 Å². The molecule has 3 heterocycles. The van der Waals surface area contributed by atoms with Gasteiger partial charge in [-0.1, -0.05) is 33.3 Å². The highest BCUT2D eigenvalue weighted by Crippen LogP contribution is 2.31. The van der Waals surface area contributed by atoms with Crippen LogP contribution in [0.4, 0.5) is 8.78 Å². The van der Waals surface area contributed by atoms with E-state index in [-0.39, 0.29) is 23.9 Å². The fourth-order valence-corrected chi connectivity index (χ4v) is 4.45. The molecule has 0 saturated carbocycles. The molecule has 0 bridgehead atoms. The molecule has 0 aliphatic carbocycles. The average Bonchev–Trinajstić information content (AvgIpc) is 3.57. The zero-order valence-corrected chi connectivity index (χ0v) is 20.1. The normalized spacial score (nSPS) is 13.1. The second-order valence-electron chi connectivity index (χ2n) is 7.49. The first-order valence-corrected chi connectivity index (χ1v) is 11.7. The molecule has 0 aliphatic heterocycles. The standard InChI is InChI=1S/C21H15BrF2N8O2S/c22-14-3-1-2-13(6-14)19-28-29-20(34-19)35-18-8-31(30-27-18)9-21(33,10-32-12-25-11-26-32)16-5-4-15(23)7-17(16)24/h1-8,11-12,33H,9-10H2. The summed E-state index contributed by atoms with van der Waals surface area (Å²) in [6.45, 7) is -0.354. The van der Waals surface area contributed by atoms with Crippen molar-refractivity contribution in [2.24, 2.45) is 0 Å². The van der Waals surface area contributed by atoms with Gasteiger partial charge in [-0.25, -0.2) is 23.1 Å². The van der Waals surface area contributed by atoms with Crippen LogP contribution in [0.3, 0.4) is 0 Å². The molecule has 3 aromatic heterocycles. The minimum absolute atomic E-state index is 0.116. The Morgan fingerprint density at radius 2 is 1.91 bits per heavy atom. The van der Waals surface area contributed by atoms with Crippen molar-refractivity contribution in [2.75, 3.05) is 0 Å². The van der Waals surface area contributed by atoms with Crippen molar-refractivity contribution in [1.29, 1.82) is 0 Å². The number of halogens is 3. The van der Waals surface area contributed by atoms with Crippen molar-refractivity contribution >= 4 is 27.7 Å². The van der Waals surface area contributed by atoms with Crippen molar-refractivity contribution in [3.05, 3.63) is 83.0 Å². The highest BCUT2D eigenvalue weighted by molar-refractivity contribution is 9.10. The van der Waals surface area contributed by atoms with E-state index in [1.807, 2.05) is 24.3 Å². The first kappa shape index (κ1) is 23.3. The van der Waals surface area contributed by atoms with E-state index in [1.165, 1.54) is 28.1 Å². The predicted octanol–water partition coefficient (Wildman–Crippen LogP) is 3.70. The second kappa shape index (κ2) is 9.64. The lowest BCUT2D eigenvalue weighted by Crippen LogP contribution is -2.37. The molecular formula is C21H15BrF2N8O2S. The number of benzene rings is 2. The Hall–Kier alpha value is -3.49. The summed E-state index contributed by atoms with van der Waals surface area (Å²) in [5.41, 5.74) is -1.20. The van der Waals surface area contributed by atoms with Gasteiger partial charge in [0.2, 0.25) is 5.89 Å². The van der Waals surface area contributed by atoms with E-state index in [1.54, 1.807) is 6.20 Å². The van der Waals surface area contributed by atoms with E-state index in [0.29, 0.717) is 17.0 Å². The van der Waals surface area contributed by atoms with Crippen molar-refractivity contribution in [3.8, 4) is 11.5 Å². The Balaban J connectivity index is 1.36. The summed E-state index contributed by atoms with van der Waals surface area (Å²) in [4.78, 5) is 3.85. The molecular weight excluding hydrogens is 546 g/mol. The fourth-order valence-electron chi connectivity index (χ4n) is 3.42. The first-order chi connectivity index (χ1) is 16.9. The van der Waals surface area contributed by atoms with E-state index in [2.05, 4.69) is 46.5 Å². The molecule has 1 unspecified atom stereocenters. The number of hydrogen-bond acceptors (Lipinski definition) is 9. The monoisotopic (exact) mass is 560 g/mol. The van der Waals surface area contributed by atoms with Gasteiger partial charge in [0.25, 0.3) is 5.22 Å². The summed E-state index contributed by atoms with van der Waals surface area (Å²) in [6.07, 6.45) is 4.22. The van der Waals surface area contributed by atoms with Crippen LogP contribution in [-0.2, 0) is 18.7 Å². The molecule has 0 aliphatic rings. The van der Waals surface area contributed by atoms with Crippen molar-refractivity contribution < 1.29 is 18.3 Å². The van der Waals surface area contributed by atoms with E-state index >= 15 is 0 Å². The Kier molecular flexibility index (Phi) is 6.40. The van der Waals surface area contributed by atoms with Crippen LogP contribution in [-0.4, -0.2) is 45.1 Å². The predicted molar refractivity (Wildman–Crippen MR) is 122 cm³/mol. The van der Waals surface area contributed by atoms with Crippen LogP contribution < -0.4 is 0 Å². The molecule has 2 aromatic carbocycles. The fraction of sp³-hybridized carbons (Fsp3) is 0.143. The molecule has 0 spiro atoms. The van der Waals surface area contributed by atoms with Crippen LogP contribution in [0.1, 0.15) is 5.56 Å². The van der Waals surface area contributed by atoms with Crippen molar-refractivity contribution in [2.45, 2.75) is 28.9 Å². The van der Waals surface area contributed by atoms with Crippen LogP contribution in [0.15, 0.2) is 80.5 Å². The molecule has 0 amide bonds. The Bertz CT molecular complexity index is 1460. The molecule has 10 nitrogen and oxygen atoms in total. The molecule has 5 aromatic rings. The molecule has 5 rings (SSSR count). The van der Waals surface area contributed by atoms with Crippen LogP contribution in [0.25, 0.3) is 11.5 Å². The van der Waals surface area contributed by atoms with Crippen LogP contribution in [0.5, 0.6) is 0 Å². The highest BCUT2D eigenvalue weighted by Gasteiger charge is 2.35. The maximum Gasteiger partial charge on any atom is 0.283 e. The molecule has 0 fully saturated rings. The van der Waals surface area contributed by atoms with E-state index in [0.717, 1.165) is 27.9 Å². The van der Waals surface area contributed by atoms with Crippen molar-refractivity contribution in [3.63, 3.8) is 0 Å². The minimum atomic E-state index is -1.83. The van der Waals surface area contributed by atoms with E-state index in [4.69, 9.17) is 4.42 Å². The summed E-state index contributed by atoms with van der Waals surface area (Å²) in [7, 11) is 0. The molecule has 0 saturated heterocycles. The quantitative estimate of drug-likeness (QED) is 0.302. The van der Waals surface area contributed by atoms with Crippen LogP contribution in [0, 0.1) is 11.6 Å². The first-order valence-electron chi connectivity index (χ1n) is 10.1. The smallest absolute Gasteiger partial charge is 0.283 e. The number of hydrogen-bond donors (Lipinski definition) is 1. The SMILES string of the molecule is OC(Cn1cncn1)(Cn1cc(Sc2nnc(-c3cccc(Br)c3)o2)nn1)c1ccc(F)cc1F. The third-order valence-electron chi connectivity index (χ3n) is 4.93. The molecule has 0 radical (unpaired) electrons. The molecule has 35 heavy (non-hydrogen) atoms. The third kappa shape index (κ3) is 5.28. The van der Waals surface area contributed by atoms with Crippen molar-refractivity contribution in [1.82, 2.24) is 40.0 Å². The molecule has 1 N–H and O–H groups in total. The second-order valence-corrected chi connectivity index (χ2v) is 9.38. The Morgan fingerprint density at radius 3 is 2.69 bits per heavy atom. The van der Waals surface area contributed by atoms with Gasteiger partial charge in [-0.2, -0.15) is 5.10 Å². The van der Waals surface area contributed by atoms with E-state index in [9.17, 15) is 13.9 Å². The van der Waals surface area contributed by atoms with Gasteiger partial charge < -0.3 is 9.52 Å². The topological polar surface area (TPSA) is 121 Å². The van der Waals surface area contributed by atoms with Gasteiger partial charge in [0, 0.05) is 21.7 Å². The molecule has 14 heteroatoms. The Morgan fingerprint density at radius 1 is 1.06 bits per heavy atom. The lowest BCUT2D eigenvalue weighted by atomic mass is 9.93. The van der Waals surface area contributed by atoms with Gasteiger partial charge in [0.05, 0.1) is 19.3 Å². The van der Waals surface area contributed by atoms with Gasteiger partial charge in [0.15, 0.2) is 0 Å². The summed E-state index contributed by atoms with van der Waals surface area (Å²) in [6, 6.07) is 10.4. The lowest BCUT2D eigenvalue weighted by Gasteiger charge is -2.28. The lowest BCUT2D eigenvalue weighted by molar-refractivity contribution is -0.00893. The number of aromatic nitrogens is 8. The summed E-state index contributed by atoms with van der Waals surface area (Å²) >= 11 is 4.48. The average molecular weight is 561 g/mol. The highest BCUT2D eigenvalue weighted by atomic mass is 79.9. The molecule has 1 atom stereocenters. The Labute approximate surface area is 209 Å². The zero-order chi connectivity index (χ0) is 24.4.